The van der Waals surface area contributed by atoms with Crippen LogP contribution in [0.25, 0.3) is 89.2 Å². The number of nitrogens with zero attached hydrogens (tertiary/aromatic N) is 4. The van der Waals surface area contributed by atoms with Crippen molar-refractivity contribution in [1.82, 2.24) is 19.9 Å². The summed E-state index contributed by atoms with van der Waals surface area (Å²) in [5.74, 6) is 1.95. The van der Waals surface area contributed by atoms with Crippen LogP contribution in [0, 0.1) is 0 Å². The first-order valence-electron chi connectivity index (χ1n) is 16.7. The monoisotopic (exact) mass is 638 g/mol. The lowest BCUT2D eigenvalue weighted by atomic mass is 9.92. The first-order chi connectivity index (χ1) is 24.7. The summed E-state index contributed by atoms with van der Waals surface area (Å²) >= 11 is 0. The van der Waals surface area contributed by atoms with Crippen LogP contribution in [-0.4, -0.2) is 19.9 Å². The molecule has 0 N–H and O–H groups in total. The van der Waals surface area contributed by atoms with Gasteiger partial charge in [-0.3, -0.25) is 4.98 Å². The SMILES string of the molecule is c1ccc(-c2nc(-c3ccccc3)nc(-c3ccc(-c4cc(-c5ccc(-c6cnc7ccccc7c6)cc5)cc5ccccc45)cc3)n2)cc1. The first-order valence-corrected chi connectivity index (χ1v) is 16.7. The zero-order valence-corrected chi connectivity index (χ0v) is 27.1. The Bertz CT molecular complexity index is 2560. The second-order valence-corrected chi connectivity index (χ2v) is 12.4. The zero-order valence-electron chi connectivity index (χ0n) is 27.1. The predicted molar refractivity (Wildman–Crippen MR) is 205 cm³/mol. The van der Waals surface area contributed by atoms with Crippen LogP contribution in [0.2, 0.25) is 0 Å². The maximum absolute atomic E-state index is 4.92. The molecule has 0 saturated carbocycles. The molecule has 0 amide bonds. The molecule has 0 fully saturated rings. The molecule has 2 heterocycles. The van der Waals surface area contributed by atoms with E-state index in [0.717, 1.165) is 49.8 Å². The maximum atomic E-state index is 4.92. The maximum Gasteiger partial charge on any atom is 0.164 e. The van der Waals surface area contributed by atoms with Gasteiger partial charge in [-0.1, -0.05) is 152 Å². The van der Waals surface area contributed by atoms with Gasteiger partial charge < -0.3 is 0 Å². The van der Waals surface area contributed by atoms with Gasteiger partial charge in [-0.15, -0.1) is 0 Å². The molecule has 0 radical (unpaired) electrons. The van der Waals surface area contributed by atoms with Gasteiger partial charge in [0.25, 0.3) is 0 Å². The number of benzene rings is 7. The fourth-order valence-corrected chi connectivity index (χ4v) is 6.54. The van der Waals surface area contributed by atoms with Crippen molar-refractivity contribution < 1.29 is 0 Å². The molecular weight excluding hydrogens is 609 g/mol. The van der Waals surface area contributed by atoms with E-state index >= 15 is 0 Å². The van der Waals surface area contributed by atoms with E-state index in [4.69, 9.17) is 15.0 Å². The average molecular weight is 639 g/mol. The highest BCUT2D eigenvalue weighted by Gasteiger charge is 2.14. The highest BCUT2D eigenvalue weighted by Crippen LogP contribution is 2.36. The number of aromatic nitrogens is 4. The molecule has 0 aliphatic rings. The van der Waals surface area contributed by atoms with Crippen LogP contribution in [0.3, 0.4) is 0 Å². The third-order valence-electron chi connectivity index (χ3n) is 9.16. The Balaban J connectivity index is 1.08. The summed E-state index contributed by atoms with van der Waals surface area (Å²) in [6, 6.07) is 61.1. The highest BCUT2D eigenvalue weighted by atomic mass is 15.0. The van der Waals surface area contributed by atoms with Gasteiger partial charge in [-0.25, -0.2) is 15.0 Å². The molecule has 0 saturated heterocycles. The van der Waals surface area contributed by atoms with Crippen LogP contribution in [0.1, 0.15) is 0 Å². The Hall–Kier alpha value is -6.78. The van der Waals surface area contributed by atoms with Crippen LogP contribution in [-0.2, 0) is 0 Å². The Kier molecular flexibility index (Phi) is 7.45. The minimum absolute atomic E-state index is 0.643. The van der Waals surface area contributed by atoms with Gasteiger partial charge in [0.05, 0.1) is 5.52 Å². The lowest BCUT2D eigenvalue weighted by Crippen LogP contribution is -2.00. The number of hydrogen-bond donors (Lipinski definition) is 0. The molecule has 7 aromatic carbocycles. The number of rotatable bonds is 6. The standard InChI is InChI=1S/C46H30N4/c1-3-11-34(12-4-1)44-48-45(35-13-5-2-6-14-35)50-46(49-44)36-25-23-33(24-26-36)42-29-39(27-37-15-7-9-17-41(37)42)31-19-21-32(22-20-31)40-28-38-16-8-10-18-43(38)47-30-40/h1-30H. The summed E-state index contributed by atoms with van der Waals surface area (Å²) in [7, 11) is 0. The summed E-state index contributed by atoms with van der Waals surface area (Å²) < 4.78 is 0. The minimum Gasteiger partial charge on any atom is -0.256 e. The van der Waals surface area contributed by atoms with E-state index in [1.54, 1.807) is 0 Å². The Morgan fingerprint density at radius 1 is 0.300 bits per heavy atom. The largest absolute Gasteiger partial charge is 0.256 e. The molecule has 9 aromatic rings. The van der Waals surface area contributed by atoms with Gasteiger partial charge >= 0.3 is 0 Å². The molecule has 0 atom stereocenters. The topological polar surface area (TPSA) is 51.6 Å². The molecule has 0 bridgehead atoms. The number of pyridine rings is 1. The van der Waals surface area contributed by atoms with E-state index in [1.165, 1.54) is 21.9 Å². The molecule has 0 aliphatic heterocycles. The molecule has 0 spiro atoms. The molecule has 50 heavy (non-hydrogen) atoms. The van der Waals surface area contributed by atoms with E-state index < -0.39 is 0 Å². The Morgan fingerprint density at radius 2 is 0.760 bits per heavy atom. The fraction of sp³-hybridized carbons (Fsp3) is 0. The summed E-state index contributed by atoms with van der Waals surface area (Å²) in [4.78, 5) is 19.4. The molecule has 0 aliphatic carbocycles. The van der Waals surface area contributed by atoms with E-state index in [2.05, 4.69) is 108 Å². The van der Waals surface area contributed by atoms with Gasteiger partial charge in [0, 0.05) is 33.8 Å². The zero-order chi connectivity index (χ0) is 33.3. The summed E-state index contributed by atoms with van der Waals surface area (Å²) in [5.41, 5.74) is 10.8. The van der Waals surface area contributed by atoms with Crippen LogP contribution >= 0.6 is 0 Å². The highest BCUT2D eigenvalue weighted by molar-refractivity contribution is 6.00. The van der Waals surface area contributed by atoms with Gasteiger partial charge in [0.1, 0.15) is 0 Å². The lowest BCUT2D eigenvalue weighted by molar-refractivity contribution is 1.07. The molecule has 234 valence electrons. The molecule has 4 heteroatoms. The van der Waals surface area contributed by atoms with Crippen LogP contribution in [0.4, 0.5) is 0 Å². The van der Waals surface area contributed by atoms with E-state index in [9.17, 15) is 0 Å². The second kappa shape index (κ2) is 12.7. The fourth-order valence-electron chi connectivity index (χ4n) is 6.54. The lowest BCUT2D eigenvalue weighted by Gasteiger charge is -2.13. The van der Waals surface area contributed by atoms with E-state index in [-0.39, 0.29) is 0 Å². The van der Waals surface area contributed by atoms with Crippen LogP contribution in [0.5, 0.6) is 0 Å². The third-order valence-corrected chi connectivity index (χ3v) is 9.16. The third kappa shape index (κ3) is 5.69. The normalized spacial score (nSPS) is 11.2. The van der Waals surface area contributed by atoms with Crippen molar-refractivity contribution in [1.29, 1.82) is 0 Å². The van der Waals surface area contributed by atoms with Crippen molar-refractivity contribution in [2.75, 3.05) is 0 Å². The van der Waals surface area contributed by atoms with Crippen LogP contribution in [0.15, 0.2) is 182 Å². The quantitative estimate of drug-likeness (QED) is 0.182. The van der Waals surface area contributed by atoms with Crippen LogP contribution < -0.4 is 0 Å². The van der Waals surface area contributed by atoms with Crippen molar-refractivity contribution in [3.05, 3.63) is 182 Å². The molecule has 2 aromatic heterocycles. The molecule has 0 unspecified atom stereocenters. The van der Waals surface area contributed by atoms with Crippen molar-refractivity contribution in [2.45, 2.75) is 0 Å². The first kappa shape index (κ1) is 29.4. The van der Waals surface area contributed by atoms with Gasteiger partial charge in [0.2, 0.25) is 0 Å². The van der Waals surface area contributed by atoms with Gasteiger partial charge in [-0.2, -0.15) is 0 Å². The molecular formula is C46H30N4. The van der Waals surface area contributed by atoms with Crippen molar-refractivity contribution >= 4 is 21.7 Å². The predicted octanol–water partition coefficient (Wildman–Crippen LogP) is 11.6. The van der Waals surface area contributed by atoms with E-state index in [0.29, 0.717) is 17.5 Å². The van der Waals surface area contributed by atoms with Gasteiger partial charge in [-0.05, 0) is 62.9 Å². The molecule has 4 nitrogen and oxygen atoms in total. The number of hydrogen-bond acceptors (Lipinski definition) is 4. The summed E-state index contributed by atoms with van der Waals surface area (Å²) in [6.07, 6.45) is 1.96. The Labute approximate surface area is 290 Å². The number of para-hydroxylation sites is 1. The number of fused-ring (bicyclic) bond motifs is 2. The van der Waals surface area contributed by atoms with Gasteiger partial charge in [0.15, 0.2) is 17.5 Å². The smallest absolute Gasteiger partial charge is 0.164 e. The molecule has 9 rings (SSSR count). The summed E-state index contributed by atoms with van der Waals surface area (Å²) in [6.45, 7) is 0. The van der Waals surface area contributed by atoms with E-state index in [1.807, 2.05) is 79.0 Å². The minimum atomic E-state index is 0.643. The second-order valence-electron chi connectivity index (χ2n) is 12.4. The summed E-state index contributed by atoms with van der Waals surface area (Å²) in [5, 5.41) is 3.55. The van der Waals surface area contributed by atoms with Crippen molar-refractivity contribution in [3.8, 4) is 67.5 Å². The van der Waals surface area contributed by atoms with Crippen molar-refractivity contribution in [2.24, 2.45) is 0 Å². The Morgan fingerprint density at radius 3 is 1.40 bits per heavy atom. The average Bonchev–Trinajstić information content (AvgIpc) is 3.21. The van der Waals surface area contributed by atoms with Crippen molar-refractivity contribution in [3.63, 3.8) is 0 Å².